The second-order valence-corrected chi connectivity index (χ2v) is 9.97. The van der Waals surface area contributed by atoms with Crippen molar-refractivity contribution in [3.8, 4) is 0 Å². The predicted molar refractivity (Wildman–Crippen MR) is 87.1 cm³/mol. The van der Waals surface area contributed by atoms with Crippen molar-refractivity contribution in [1.82, 2.24) is 14.2 Å². The minimum atomic E-state index is -3.81. The number of aromatic nitrogens is 1. The molecule has 1 unspecified atom stereocenters. The van der Waals surface area contributed by atoms with Crippen LogP contribution in [0.1, 0.15) is 18.7 Å². The molecule has 7 nitrogen and oxygen atoms in total. The molecule has 1 aliphatic heterocycles. The quantitative estimate of drug-likeness (QED) is 0.803. The van der Waals surface area contributed by atoms with Crippen molar-refractivity contribution in [3.63, 3.8) is 0 Å². The molecule has 1 saturated heterocycles. The Morgan fingerprint density at radius 2 is 1.77 bits per heavy atom. The molecule has 0 spiro atoms. The van der Waals surface area contributed by atoms with Crippen molar-refractivity contribution in [2.24, 2.45) is 3.77 Å². The van der Waals surface area contributed by atoms with Crippen LogP contribution in [0.3, 0.4) is 0 Å². The smallest absolute Gasteiger partial charge is 0.292 e. The Balaban J connectivity index is 2.04. The Hall–Kier alpha value is -1.03. The van der Waals surface area contributed by atoms with Crippen molar-refractivity contribution in [1.29, 1.82) is 0 Å². The molecule has 0 saturated carbocycles. The molecule has 0 amide bonds. The number of hydrogen-bond acceptors (Lipinski definition) is 5. The summed E-state index contributed by atoms with van der Waals surface area (Å²) >= 11 is 0. The molecule has 1 fully saturated rings. The molecule has 2 rings (SSSR count). The van der Waals surface area contributed by atoms with Gasteiger partial charge in [-0.05, 0) is 19.1 Å². The lowest BCUT2D eigenvalue weighted by Gasteiger charge is -2.36. The van der Waals surface area contributed by atoms with Gasteiger partial charge in [0.05, 0.1) is 15.4 Å². The summed E-state index contributed by atoms with van der Waals surface area (Å²) in [6, 6.07) is 5.91. The SMILES string of the molecule is CC(c1ccccn1)N1CCN(S(=O)(=O)N=S(C)(C)=O)CC1. The Kier molecular flexibility index (Phi) is 5.21. The first-order valence-electron chi connectivity index (χ1n) is 7.02. The molecule has 1 atom stereocenters. The predicted octanol–water partition coefficient (Wildman–Crippen LogP) is 0.733. The van der Waals surface area contributed by atoms with Gasteiger partial charge in [0.25, 0.3) is 0 Å². The number of rotatable bonds is 4. The lowest BCUT2D eigenvalue weighted by molar-refractivity contribution is 0.143. The second-order valence-electron chi connectivity index (χ2n) is 5.60. The Labute approximate surface area is 132 Å². The highest BCUT2D eigenvalue weighted by Crippen LogP contribution is 2.20. The van der Waals surface area contributed by atoms with Crippen LogP contribution in [0.15, 0.2) is 28.2 Å². The van der Waals surface area contributed by atoms with Crippen molar-refractivity contribution < 1.29 is 12.6 Å². The lowest BCUT2D eigenvalue weighted by atomic mass is 10.1. The molecule has 2 heterocycles. The molecular formula is C13H22N4O3S2. The standard InChI is InChI=1S/C13H22N4O3S2/c1-12(13-6-4-5-7-14-13)16-8-10-17(11-9-16)22(19,20)15-21(2,3)18/h4-7,12H,8-11H2,1-3H3. The highest BCUT2D eigenvalue weighted by molar-refractivity contribution is 8.01. The van der Waals surface area contributed by atoms with Crippen LogP contribution >= 0.6 is 0 Å². The maximum atomic E-state index is 12.1. The number of nitrogens with zero attached hydrogens (tertiary/aromatic N) is 4. The van der Waals surface area contributed by atoms with Gasteiger partial charge < -0.3 is 0 Å². The first-order chi connectivity index (χ1) is 10.2. The minimum Gasteiger partial charge on any atom is -0.292 e. The van der Waals surface area contributed by atoms with Gasteiger partial charge in [0, 0.05) is 50.9 Å². The maximum absolute atomic E-state index is 12.1. The van der Waals surface area contributed by atoms with E-state index in [-0.39, 0.29) is 6.04 Å². The fraction of sp³-hybridized carbons (Fsp3) is 0.615. The Morgan fingerprint density at radius 3 is 2.27 bits per heavy atom. The van der Waals surface area contributed by atoms with Crippen LogP contribution in [0, 0.1) is 0 Å². The van der Waals surface area contributed by atoms with E-state index in [1.54, 1.807) is 6.20 Å². The van der Waals surface area contributed by atoms with Gasteiger partial charge in [-0.25, -0.2) is 4.21 Å². The Bertz CT molecular complexity index is 711. The number of piperazine rings is 1. The van der Waals surface area contributed by atoms with E-state index >= 15 is 0 Å². The molecule has 124 valence electrons. The van der Waals surface area contributed by atoms with Crippen LogP contribution in [0.25, 0.3) is 0 Å². The van der Waals surface area contributed by atoms with Gasteiger partial charge in [0.2, 0.25) is 0 Å². The van der Waals surface area contributed by atoms with Crippen LogP contribution < -0.4 is 0 Å². The van der Waals surface area contributed by atoms with Crippen molar-refractivity contribution in [3.05, 3.63) is 30.1 Å². The first kappa shape index (κ1) is 17.3. The van der Waals surface area contributed by atoms with E-state index in [0.29, 0.717) is 26.2 Å². The zero-order chi connectivity index (χ0) is 16.4. The number of hydrogen-bond donors (Lipinski definition) is 0. The summed E-state index contributed by atoms with van der Waals surface area (Å²) in [7, 11) is -6.50. The Morgan fingerprint density at radius 1 is 1.14 bits per heavy atom. The molecule has 0 bridgehead atoms. The van der Waals surface area contributed by atoms with Crippen molar-refractivity contribution in [2.45, 2.75) is 13.0 Å². The third-order valence-corrected chi connectivity index (χ3v) is 6.74. The molecule has 0 aromatic carbocycles. The summed E-state index contributed by atoms with van der Waals surface area (Å²) in [5, 5.41) is 0. The van der Waals surface area contributed by atoms with Crippen LogP contribution in [0.5, 0.6) is 0 Å². The van der Waals surface area contributed by atoms with Crippen LogP contribution in [0.4, 0.5) is 0 Å². The minimum absolute atomic E-state index is 0.129. The largest absolute Gasteiger partial charge is 0.330 e. The molecule has 0 radical (unpaired) electrons. The molecule has 0 aliphatic carbocycles. The third-order valence-electron chi connectivity index (χ3n) is 3.54. The van der Waals surface area contributed by atoms with Gasteiger partial charge in [-0.1, -0.05) is 9.83 Å². The van der Waals surface area contributed by atoms with Crippen LogP contribution in [-0.4, -0.2) is 65.5 Å². The highest BCUT2D eigenvalue weighted by atomic mass is 32.3. The summed E-state index contributed by atoms with van der Waals surface area (Å²) in [5.74, 6) is 0. The van der Waals surface area contributed by atoms with Crippen molar-refractivity contribution in [2.75, 3.05) is 38.7 Å². The van der Waals surface area contributed by atoms with Crippen molar-refractivity contribution >= 4 is 19.9 Å². The third kappa shape index (κ3) is 4.48. The lowest BCUT2D eigenvalue weighted by Crippen LogP contribution is -2.48. The van der Waals surface area contributed by atoms with Gasteiger partial charge in [0.15, 0.2) is 0 Å². The van der Waals surface area contributed by atoms with Crippen LogP contribution in [0.2, 0.25) is 0 Å². The fourth-order valence-corrected chi connectivity index (χ4v) is 5.22. The zero-order valence-electron chi connectivity index (χ0n) is 13.0. The number of pyridine rings is 1. The summed E-state index contributed by atoms with van der Waals surface area (Å²) in [6.45, 7) is 3.95. The summed E-state index contributed by atoms with van der Waals surface area (Å²) in [6.07, 6.45) is 4.40. The van der Waals surface area contributed by atoms with E-state index in [9.17, 15) is 12.6 Å². The van der Waals surface area contributed by atoms with E-state index in [0.717, 1.165) is 5.69 Å². The monoisotopic (exact) mass is 346 g/mol. The average molecular weight is 346 g/mol. The van der Waals surface area contributed by atoms with E-state index in [1.165, 1.54) is 16.8 Å². The van der Waals surface area contributed by atoms with Gasteiger partial charge >= 0.3 is 10.2 Å². The summed E-state index contributed by atoms with van der Waals surface area (Å²) in [4.78, 5) is 6.52. The molecule has 1 aromatic rings. The topological polar surface area (TPSA) is 82.9 Å². The molecule has 22 heavy (non-hydrogen) atoms. The normalized spacial score (nSPS) is 19.8. The fourth-order valence-electron chi connectivity index (χ4n) is 2.41. The van der Waals surface area contributed by atoms with Gasteiger partial charge in [-0.15, -0.1) is 0 Å². The molecule has 1 aliphatic rings. The summed E-state index contributed by atoms with van der Waals surface area (Å²) in [5.41, 5.74) is 0.966. The van der Waals surface area contributed by atoms with E-state index in [2.05, 4.69) is 20.6 Å². The first-order valence-corrected chi connectivity index (χ1v) is 10.8. The highest BCUT2D eigenvalue weighted by Gasteiger charge is 2.29. The average Bonchev–Trinajstić information content (AvgIpc) is 2.45. The van der Waals surface area contributed by atoms with Gasteiger partial charge in [-0.3, -0.25) is 9.88 Å². The van der Waals surface area contributed by atoms with E-state index < -0.39 is 19.9 Å². The molecular weight excluding hydrogens is 324 g/mol. The van der Waals surface area contributed by atoms with Crippen LogP contribution in [-0.2, 0) is 19.9 Å². The second kappa shape index (κ2) is 6.61. The molecule has 0 N–H and O–H groups in total. The summed E-state index contributed by atoms with van der Waals surface area (Å²) < 4.78 is 40.6. The van der Waals surface area contributed by atoms with E-state index in [4.69, 9.17) is 0 Å². The van der Waals surface area contributed by atoms with Gasteiger partial charge in [0.1, 0.15) is 0 Å². The molecule has 9 heteroatoms. The van der Waals surface area contributed by atoms with Gasteiger partial charge in [-0.2, -0.15) is 12.7 Å². The zero-order valence-corrected chi connectivity index (χ0v) is 14.7. The molecule has 1 aromatic heterocycles. The maximum Gasteiger partial charge on any atom is 0.330 e. The van der Waals surface area contributed by atoms with E-state index in [1.807, 2.05) is 18.2 Å².